The molecule has 0 unspecified atom stereocenters. The van der Waals surface area contributed by atoms with Crippen molar-refractivity contribution in [2.24, 2.45) is 0 Å². The van der Waals surface area contributed by atoms with Crippen molar-refractivity contribution in [2.75, 3.05) is 12.3 Å². The predicted molar refractivity (Wildman–Crippen MR) is 81.3 cm³/mol. The number of carbonyl (C=O) groups excluding carboxylic acids is 1. The van der Waals surface area contributed by atoms with Gasteiger partial charge in [0, 0.05) is 10.4 Å². The third kappa shape index (κ3) is 2.22. The minimum Gasteiger partial charge on any atom is -0.466 e. The van der Waals surface area contributed by atoms with Gasteiger partial charge >= 0.3 is 5.97 Å². The molecule has 2 heterocycles. The van der Waals surface area contributed by atoms with Crippen molar-refractivity contribution in [3.63, 3.8) is 0 Å². The molecule has 0 saturated heterocycles. The van der Waals surface area contributed by atoms with Gasteiger partial charge in [-0.1, -0.05) is 0 Å². The molecule has 0 aromatic carbocycles. The van der Waals surface area contributed by atoms with Gasteiger partial charge in [0.05, 0.1) is 12.3 Å². The van der Waals surface area contributed by atoms with Gasteiger partial charge in [-0.15, -0.1) is 11.3 Å². The Hall–Kier alpha value is -1.75. The van der Waals surface area contributed by atoms with Crippen molar-refractivity contribution in [1.29, 1.82) is 0 Å². The van der Waals surface area contributed by atoms with Crippen LogP contribution in [-0.4, -0.2) is 12.6 Å². The lowest BCUT2D eigenvalue weighted by atomic mass is 10.1. The summed E-state index contributed by atoms with van der Waals surface area (Å²) < 4.78 is 10.7. The maximum atomic E-state index is 11.9. The fourth-order valence-electron chi connectivity index (χ4n) is 2.24. The van der Waals surface area contributed by atoms with Gasteiger partial charge in [-0.25, -0.2) is 4.79 Å². The molecule has 108 valence electrons. The highest BCUT2D eigenvalue weighted by Gasteiger charge is 2.24. The van der Waals surface area contributed by atoms with Crippen LogP contribution in [0.5, 0.6) is 0 Å². The maximum Gasteiger partial charge on any atom is 0.350 e. The van der Waals surface area contributed by atoms with Crippen LogP contribution in [-0.2, 0) is 4.74 Å². The summed E-state index contributed by atoms with van der Waals surface area (Å²) in [4.78, 5) is 13.4. The van der Waals surface area contributed by atoms with Crippen molar-refractivity contribution in [2.45, 2.75) is 34.6 Å². The average molecular weight is 293 g/mol. The number of hydrogen-bond donors (Lipinski definition) is 1. The van der Waals surface area contributed by atoms with Gasteiger partial charge < -0.3 is 14.9 Å². The molecule has 2 N–H and O–H groups in total. The van der Waals surface area contributed by atoms with E-state index < -0.39 is 0 Å². The van der Waals surface area contributed by atoms with Gasteiger partial charge in [0.2, 0.25) is 0 Å². The van der Waals surface area contributed by atoms with Crippen molar-refractivity contribution >= 4 is 23.0 Å². The number of esters is 1. The number of hydrogen-bond acceptors (Lipinski definition) is 5. The molecule has 2 aromatic heterocycles. The average Bonchev–Trinajstić information content (AvgIpc) is 2.80. The van der Waals surface area contributed by atoms with E-state index in [4.69, 9.17) is 14.9 Å². The molecule has 0 amide bonds. The number of nitrogens with two attached hydrogens (primary N) is 1. The Bertz CT molecular complexity index is 667. The lowest BCUT2D eigenvalue weighted by Crippen LogP contribution is -2.05. The van der Waals surface area contributed by atoms with E-state index in [1.165, 1.54) is 11.3 Å². The van der Waals surface area contributed by atoms with E-state index in [0.717, 1.165) is 33.1 Å². The number of aryl methyl sites for hydroxylation is 2. The van der Waals surface area contributed by atoms with Gasteiger partial charge in [0.1, 0.15) is 16.4 Å². The molecule has 0 aliphatic rings. The zero-order valence-electron chi connectivity index (χ0n) is 12.4. The molecule has 5 heteroatoms. The standard InChI is InChI=1S/C15H19NO3S/c1-6-18-15(17)14-12(16)8(3)13(20-14)11-7(2)9(4)19-10(11)5/h6,16H2,1-5H3. The third-order valence-electron chi connectivity index (χ3n) is 3.44. The van der Waals surface area contributed by atoms with E-state index in [9.17, 15) is 4.79 Å². The fraction of sp³-hybridized carbons (Fsp3) is 0.400. The Balaban J connectivity index is 2.59. The van der Waals surface area contributed by atoms with E-state index in [0.29, 0.717) is 17.2 Å². The van der Waals surface area contributed by atoms with Crippen LogP contribution in [0.3, 0.4) is 0 Å². The summed E-state index contributed by atoms with van der Waals surface area (Å²) in [6.07, 6.45) is 0. The lowest BCUT2D eigenvalue weighted by molar-refractivity contribution is 0.0533. The summed E-state index contributed by atoms with van der Waals surface area (Å²) in [5, 5.41) is 0. The number of rotatable bonds is 3. The van der Waals surface area contributed by atoms with Gasteiger partial charge in [0.15, 0.2) is 0 Å². The number of ether oxygens (including phenoxy) is 1. The summed E-state index contributed by atoms with van der Waals surface area (Å²) in [5.41, 5.74) is 9.59. The first-order valence-electron chi connectivity index (χ1n) is 6.51. The van der Waals surface area contributed by atoms with Crippen LogP contribution in [0, 0.1) is 27.7 Å². The van der Waals surface area contributed by atoms with E-state index in [1.807, 2.05) is 27.7 Å². The molecule has 20 heavy (non-hydrogen) atoms. The molecule has 2 aromatic rings. The molecule has 2 rings (SSSR count). The Labute approximate surface area is 122 Å². The summed E-state index contributed by atoms with van der Waals surface area (Å²) >= 11 is 1.37. The second-order valence-corrected chi connectivity index (χ2v) is 5.75. The van der Waals surface area contributed by atoms with E-state index >= 15 is 0 Å². The fourth-order valence-corrected chi connectivity index (χ4v) is 3.51. The number of carbonyl (C=O) groups is 1. The van der Waals surface area contributed by atoms with Crippen molar-refractivity contribution in [3.8, 4) is 10.4 Å². The van der Waals surface area contributed by atoms with E-state index in [1.54, 1.807) is 6.92 Å². The first-order chi connectivity index (χ1) is 9.38. The number of nitrogen functional groups attached to an aromatic ring is 1. The van der Waals surface area contributed by atoms with Crippen LogP contribution >= 0.6 is 11.3 Å². The Morgan fingerprint density at radius 1 is 1.20 bits per heavy atom. The number of furan rings is 1. The van der Waals surface area contributed by atoms with Crippen molar-refractivity contribution < 1.29 is 13.9 Å². The van der Waals surface area contributed by atoms with Crippen molar-refractivity contribution in [3.05, 3.63) is 27.5 Å². The molecular formula is C15H19NO3S. The smallest absolute Gasteiger partial charge is 0.350 e. The normalized spacial score (nSPS) is 10.8. The monoisotopic (exact) mass is 293 g/mol. The minimum absolute atomic E-state index is 0.341. The summed E-state index contributed by atoms with van der Waals surface area (Å²) in [5.74, 6) is 1.38. The number of anilines is 1. The lowest BCUT2D eigenvalue weighted by Gasteiger charge is -2.00. The molecule has 0 saturated carbocycles. The molecule has 0 radical (unpaired) electrons. The largest absolute Gasteiger partial charge is 0.466 e. The van der Waals surface area contributed by atoms with Crippen LogP contribution in [0.4, 0.5) is 5.69 Å². The molecule has 4 nitrogen and oxygen atoms in total. The second-order valence-electron chi connectivity index (χ2n) is 4.73. The van der Waals surface area contributed by atoms with Crippen LogP contribution in [0.1, 0.15) is 39.2 Å². The second kappa shape index (κ2) is 5.32. The molecule has 0 aliphatic carbocycles. The van der Waals surface area contributed by atoms with Crippen LogP contribution < -0.4 is 5.73 Å². The topological polar surface area (TPSA) is 65.5 Å². The van der Waals surface area contributed by atoms with Crippen LogP contribution in [0.2, 0.25) is 0 Å². The minimum atomic E-state index is -0.361. The van der Waals surface area contributed by atoms with E-state index in [2.05, 4.69) is 0 Å². The summed E-state index contributed by atoms with van der Waals surface area (Å²) in [6.45, 7) is 9.92. The highest BCUT2D eigenvalue weighted by Crippen LogP contribution is 2.42. The van der Waals surface area contributed by atoms with Gasteiger partial charge in [-0.2, -0.15) is 0 Å². The maximum absolute atomic E-state index is 11.9. The number of thiophene rings is 1. The third-order valence-corrected chi connectivity index (χ3v) is 4.75. The molecule has 0 atom stereocenters. The molecule has 0 bridgehead atoms. The van der Waals surface area contributed by atoms with Gasteiger partial charge in [-0.3, -0.25) is 0 Å². The summed E-state index contributed by atoms with van der Waals surface area (Å²) in [7, 11) is 0. The molecule has 0 aliphatic heterocycles. The Morgan fingerprint density at radius 2 is 1.85 bits per heavy atom. The first-order valence-corrected chi connectivity index (χ1v) is 7.33. The van der Waals surface area contributed by atoms with Gasteiger partial charge in [-0.05, 0) is 45.7 Å². The molecule has 0 fully saturated rings. The molecular weight excluding hydrogens is 274 g/mol. The zero-order chi connectivity index (χ0) is 15.0. The van der Waals surface area contributed by atoms with Crippen molar-refractivity contribution in [1.82, 2.24) is 0 Å². The highest BCUT2D eigenvalue weighted by molar-refractivity contribution is 7.18. The van der Waals surface area contributed by atoms with Crippen LogP contribution in [0.15, 0.2) is 4.42 Å². The highest BCUT2D eigenvalue weighted by atomic mass is 32.1. The first kappa shape index (κ1) is 14.7. The quantitative estimate of drug-likeness (QED) is 0.869. The molecule has 0 spiro atoms. The van der Waals surface area contributed by atoms with Gasteiger partial charge in [0.25, 0.3) is 0 Å². The van der Waals surface area contributed by atoms with Crippen LogP contribution in [0.25, 0.3) is 10.4 Å². The Morgan fingerprint density at radius 3 is 2.35 bits per heavy atom. The summed E-state index contributed by atoms with van der Waals surface area (Å²) in [6, 6.07) is 0. The van der Waals surface area contributed by atoms with E-state index in [-0.39, 0.29) is 5.97 Å². The predicted octanol–water partition coefficient (Wildman–Crippen LogP) is 4.00. The zero-order valence-corrected chi connectivity index (χ0v) is 13.2. The SMILES string of the molecule is CCOC(=O)c1sc(-c2c(C)oc(C)c2C)c(C)c1N. The Kier molecular flexibility index (Phi) is 3.90.